The largest absolute Gasteiger partial charge is 0.381 e. The molecule has 1 N–H and O–H groups in total. The molecular weight excluding hydrogens is 198 g/mol. The molecular formula is C14H27NO. The molecule has 0 amide bonds. The van der Waals surface area contributed by atoms with Gasteiger partial charge in [0.2, 0.25) is 0 Å². The number of ether oxygens (including phenoxy) is 1. The van der Waals surface area contributed by atoms with Crippen LogP contribution in [0.2, 0.25) is 0 Å². The van der Waals surface area contributed by atoms with Crippen molar-refractivity contribution in [2.45, 2.75) is 58.4 Å². The monoisotopic (exact) mass is 225 g/mol. The molecule has 1 aliphatic heterocycles. The minimum absolute atomic E-state index is 0.615. The lowest BCUT2D eigenvalue weighted by atomic mass is 9.70. The van der Waals surface area contributed by atoms with Crippen molar-refractivity contribution in [3.05, 3.63) is 0 Å². The SMILES string of the molecule is CC(CC1CCOCC1)NCC1(C)CCC1. The first kappa shape index (κ1) is 12.4. The van der Waals surface area contributed by atoms with Crippen LogP contribution in [0.5, 0.6) is 0 Å². The molecule has 94 valence electrons. The Morgan fingerprint density at radius 2 is 2.00 bits per heavy atom. The lowest BCUT2D eigenvalue weighted by molar-refractivity contribution is 0.0599. The van der Waals surface area contributed by atoms with Crippen molar-refractivity contribution < 1.29 is 4.74 Å². The Hall–Kier alpha value is -0.0800. The molecule has 1 heterocycles. The van der Waals surface area contributed by atoms with Crippen molar-refractivity contribution in [1.82, 2.24) is 5.32 Å². The highest BCUT2D eigenvalue weighted by Crippen LogP contribution is 2.39. The highest BCUT2D eigenvalue weighted by atomic mass is 16.5. The van der Waals surface area contributed by atoms with E-state index in [1.807, 2.05) is 0 Å². The van der Waals surface area contributed by atoms with E-state index in [2.05, 4.69) is 19.2 Å². The Labute approximate surface area is 100 Å². The van der Waals surface area contributed by atoms with Crippen LogP contribution in [0.3, 0.4) is 0 Å². The molecule has 1 aliphatic carbocycles. The van der Waals surface area contributed by atoms with Gasteiger partial charge in [-0.05, 0) is 50.4 Å². The molecule has 0 radical (unpaired) electrons. The predicted molar refractivity (Wildman–Crippen MR) is 67.6 cm³/mol. The summed E-state index contributed by atoms with van der Waals surface area (Å²) in [5.74, 6) is 0.894. The van der Waals surface area contributed by atoms with Crippen molar-refractivity contribution in [3.8, 4) is 0 Å². The topological polar surface area (TPSA) is 21.3 Å². The molecule has 1 unspecified atom stereocenters. The fraction of sp³-hybridized carbons (Fsp3) is 1.00. The smallest absolute Gasteiger partial charge is 0.0468 e. The van der Waals surface area contributed by atoms with Crippen molar-refractivity contribution >= 4 is 0 Å². The van der Waals surface area contributed by atoms with Crippen molar-refractivity contribution in [2.75, 3.05) is 19.8 Å². The van der Waals surface area contributed by atoms with Gasteiger partial charge in [-0.15, -0.1) is 0 Å². The minimum Gasteiger partial charge on any atom is -0.381 e. The van der Waals surface area contributed by atoms with Gasteiger partial charge >= 0.3 is 0 Å². The summed E-state index contributed by atoms with van der Waals surface area (Å²) in [5.41, 5.74) is 0.615. The molecule has 1 saturated carbocycles. The van der Waals surface area contributed by atoms with Crippen LogP contribution in [0.1, 0.15) is 52.4 Å². The molecule has 1 atom stereocenters. The molecule has 1 saturated heterocycles. The summed E-state index contributed by atoms with van der Waals surface area (Å²) >= 11 is 0. The molecule has 0 aromatic rings. The van der Waals surface area contributed by atoms with E-state index in [-0.39, 0.29) is 0 Å². The average molecular weight is 225 g/mol. The highest BCUT2D eigenvalue weighted by Gasteiger charge is 2.31. The second kappa shape index (κ2) is 5.50. The van der Waals surface area contributed by atoms with Gasteiger partial charge in [0.1, 0.15) is 0 Å². The maximum absolute atomic E-state index is 5.40. The van der Waals surface area contributed by atoms with Crippen molar-refractivity contribution in [1.29, 1.82) is 0 Å². The minimum atomic E-state index is 0.615. The summed E-state index contributed by atoms with van der Waals surface area (Å²) < 4.78 is 5.40. The Morgan fingerprint density at radius 1 is 1.31 bits per heavy atom. The van der Waals surface area contributed by atoms with E-state index >= 15 is 0 Å². The number of hydrogen-bond acceptors (Lipinski definition) is 2. The zero-order valence-electron chi connectivity index (χ0n) is 10.9. The fourth-order valence-electron chi connectivity index (χ4n) is 2.94. The van der Waals surface area contributed by atoms with Gasteiger partial charge in [-0.3, -0.25) is 0 Å². The molecule has 2 aliphatic rings. The summed E-state index contributed by atoms with van der Waals surface area (Å²) in [5, 5.41) is 3.73. The number of nitrogens with one attached hydrogen (secondary N) is 1. The Morgan fingerprint density at radius 3 is 2.56 bits per heavy atom. The Kier molecular flexibility index (Phi) is 4.26. The van der Waals surface area contributed by atoms with E-state index in [9.17, 15) is 0 Å². The van der Waals surface area contributed by atoms with Crippen LogP contribution in [0.25, 0.3) is 0 Å². The maximum atomic E-state index is 5.40. The molecule has 0 aromatic carbocycles. The quantitative estimate of drug-likeness (QED) is 0.776. The summed E-state index contributed by atoms with van der Waals surface area (Å²) in [7, 11) is 0. The lowest BCUT2D eigenvalue weighted by Crippen LogP contribution is -2.41. The molecule has 2 heteroatoms. The van der Waals surface area contributed by atoms with Gasteiger partial charge in [0.15, 0.2) is 0 Å². The third-order valence-electron chi connectivity index (χ3n) is 4.47. The third-order valence-corrected chi connectivity index (χ3v) is 4.47. The summed E-state index contributed by atoms with van der Waals surface area (Å²) in [4.78, 5) is 0. The molecule has 2 fully saturated rings. The third kappa shape index (κ3) is 3.46. The van der Waals surface area contributed by atoms with Gasteiger partial charge in [0.05, 0.1) is 0 Å². The molecule has 0 spiro atoms. The van der Waals surface area contributed by atoms with Crippen molar-refractivity contribution in [3.63, 3.8) is 0 Å². The summed E-state index contributed by atoms with van der Waals surface area (Å²) in [6.45, 7) is 7.95. The number of rotatable bonds is 5. The summed E-state index contributed by atoms with van der Waals surface area (Å²) in [6.07, 6.45) is 8.15. The molecule has 16 heavy (non-hydrogen) atoms. The van der Waals surface area contributed by atoms with E-state index in [4.69, 9.17) is 4.74 Å². The summed E-state index contributed by atoms with van der Waals surface area (Å²) in [6, 6.07) is 0.681. The van der Waals surface area contributed by atoms with E-state index in [1.54, 1.807) is 0 Å². The highest BCUT2D eigenvalue weighted by molar-refractivity contribution is 4.86. The Balaban J connectivity index is 1.61. The standard InChI is InChI=1S/C14H27NO/c1-12(10-13-4-8-16-9-5-13)15-11-14(2)6-3-7-14/h12-13,15H,3-11H2,1-2H3. The Bertz CT molecular complexity index is 207. The normalized spacial score (nSPS) is 27.4. The van der Waals surface area contributed by atoms with Crippen LogP contribution >= 0.6 is 0 Å². The van der Waals surface area contributed by atoms with Gasteiger partial charge in [0, 0.05) is 25.8 Å². The number of hydrogen-bond donors (Lipinski definition) is 1. The van der Waals surface area contributed by atoms with E-state index in [0.717, 1.165) is 19.1 Å². The van der Waals surface area contributed by atoms with E-state index in [0.29, 0.717) is 11.5 Å². The van der Waals surface area contributed by atoms with Crippen LogP contribution in [-0.2, 0) is 4.74 Å². The van der Waals surface area contributed by atoms with E-state index < -0.39 is 0 Å². The molecule has 0 bridgehead atoms. The van der Waals surface area contributed by atoms with Crippen molar-refractivity contribution in [2.24, 2.45) is 11.3 Å². The molecule has 2 nitrogen and oxygen atoms in total. The average Bonchev–Trinajstić information content (AvgIpc) is 2.25. The van der Waals surface area contributed by atoms with Gasteiger partial charge in [0.25, 0.3) is 0 Å². The van der Waals surface area contributed by atoms with Crippen LogP contribution in [0, 0.1) is 11.3 Å². The van der Waals surface area contributed by atoms with E-state index in [1.165, 1.54) is 45.1 Å². The van der Waals surface area contributed by atoms with Gasteiger partial charge in [-0.25, -0.2) is 0 Å². The van der Waals surface area contributed by atoms with Crippen LogP contribution in [0.4, 0.5) is 0 Å². The predicted octanol–water partition coefficient (Wildman–Crippen LogP) is 2.97. The van der Waals surface area contributed by atoms with Gasteiger partial charge in [-0.1, -0.05) is 13.3 Å². The second-order valence-corrected chi connectivity index (χ2v) is 6.24. The molecule has 2 rings (SSSR count). The van der Waals surface area contributed by atoms with Crippen LogP contribution in [0.15, 0.2) is 0 Å². The lowest BCUT2D eigenvalue weighted by Gasteiger charge is -2.39. The van der Waals surface area contributed by atoms with Gasteiger partial charge < -0.3 is 10.1 Å². The molecule has 0 aromatic heterocycles. The fourth-order valence-corrected chi connectivity index (χ4v) is 2.94. The zero-order chi connectivity index (χ0) is 11.4. The zero-order valence-corrected chi connectivity index (χ0v) is 10.9. The van der Waals surface area contributed by atoms with Gasteiger partial charge in [-0.2, -0.15) is 0 Å². The van der Waals surface area contributed by atoms with Crippen LogP contribution < -0.4 is 5.32 Å². The first-order chi connectivity index (χ1) is 7.68. The van der Waals surface area contributed by atoms with Crippen LogP contribution in [-0.4, -0.2) is 25.8 Å². The first-order valence-electron chi connectivity index (χ1n) is 6.99. The second-order valence-electron chi connectivity index (χ2n) is 6.24. The first-order valence-corrected chi connectivity index (χ1v) is 6.99. The maximum Gasteiger partial charge on any atom is 0.0468 e.